The minimum Gasteiger partial charge on any atom is -0.391 e. The molecule has 0 saturated carbocycles. The number of aliphatic hydroxyl groups excluding tert-OH is 1. The van der Waals surface area contributed by atoms with Gasteiger partial charge in [0.2, 0.25) is 5.91 Å². The van der Waals surface area contributed by atoms with Crippen LogP contribution in [0.3, 0.4) is 0 Å². The molecule has 292 valence electrons. The van der Waals surface area contributed by atoms with Crippen molar-refractivity contribution in [2.75, 3.05) is 19.8 Å². The molecule has 0 heterocycles. The summed E-state index contributed by atoms with van der Waals surface area (Å²) in [6.07, 6.45) is 39.4. The van der Waals surface area contributed by atoms with Gasteiger partial charge in [0, 0.05) is 13.0 Å². The van der Waals surface area contributed by atoms with E-state index < -0.39 is 20.0 Å². The highest BCUT2D eigenvalue weighted by molar-refractivity contribution is 7.47. The van der Waals surface area contributed by atoms with Gasteiger partial charge >= 0.3 is 7.82 Å². The van der Waals surface area contributed by atoms with E-state index in [9.17, 15) is 19.4 Å². The van der Waals surface area contributed by atoms with Crippen LogP contribution in [0.2, 0.25) is 0 Å². The van der Waals surface area contributed by atoms with Crippen LogP contribution < -0.4 is 11.1 Å². The number of unbranched alkanes of at least 4 members (excludes halogenated alkanes) is 25. The summed E-state index contributed by atoms with van der Waals surface area (Å²) < 4.78 is 22.1. The minimum atomic E-state index is -4.31. The molecule has 0 saturated heterocycles. The van der Waals surface area contributed by atoms with Gasteiger partial charge in [-0.05, 0) is 32.1 Å². The zero-order chi connectivity index (χ0) is 36.1. The number of hydrogen-bond donors (Lipinski definition) is 4. The number of rotatable bonds is 39. The minimum absolute atomic E-state index is 0.0890. The van der Waals surface area contributed by atoms with Crippen molar-refractivity contribution >= 4 is 13.7 Å². The quantitative estimate of drug-likeness (QED) is 0.0283. The first-order valence-electron chi connectivity index (χ1n) is 20.8. The van der Waals surface area contributed by atoms with E-state index >= 15 is 0 Å². The average Bonchev–Trinajstić information content (AvgIpc) is 3.09. The van der Waals surface area contributed by atoms with Gasteiger partial charge in [-0.3, -0.25) is 13.8 Å². The molecule has 0 spiro atoms. The number of nitrogens with two attached hydrogens (primary N) is 1. The Bertz CT molecular complexity index is 784. The van der Waals surface area contributed by atoms with Crippen LogP contribution >= 0.6 is 7.82 Å². The highest BCUT2D eigenvalue weighted by atomic mass is 31.2. The molecular weight excluding hydrogens is 635 g/mol. The molecule has 0 aliphatic carbocycles. The Balaban J connectivity index is 4.12. The number of nitrogens with one attached hydrogen (secondary N) is 1. The van der Waals surface area contributed by atoms with Crippen LogP contribution in [0.5, 0.6) is 0 Å². The van der Waals surface area contributed by atoms with E-state index in [1.807, 2.05) is 0 Å². The lowest BCUT2D eigenvalue weighted by Crippen LogP contribution is -2.46. The number of allylic oxidation sites excluding steroid dienone is 2. The highest BCUT2D eigenvalue weighted by Gasteiger charge is 2.27. The normalized spacial score (nSPS) is 14.3. The third-order valence-electron chi connectivity index (χ3n) is 9.37. The molecule has 3 atom stereocenters. The predicted molar refractivity (Wildman–Crippen MR) is 208 cm³/mol. The number of carbonyl (C=O) groups excluding carboxylic acids is 1. The lowest BCUT2D eigenvalue weighted by atomic mass is 10.0. The molecule has 0 rings (SSSR count). The number of amides is 1. The van der Waals surface area contributed by atoms with Gasteiger partial charge in [-0.25, -0.2) is 4.57 Å². The van der Waals surface area contributed by atoms with E-state index in [2.05, 4.69) is 31.3 Å². The second-order valence-corrected chi connectivity index (χ2v) is 15.7. The van der Waals surface area contributed by atoms with Gasteiger partial charge in [0.15, 0.2) is 0 Å². The third-order valence-corrected chi connectivity index (χ3v) is 10.4. The van der Waals surface area contributed by atoms with E-state index in [1.165, 1.54) is 128 Å². The van der Waals surface area contributed by atoms with Gasteiger partial charge in [-0.1, -0.05) is 180 Å². The Hall–Kier alpha value is -0.760. The van der Waals surface area contributed by atoms with Crippen LogP contribution in [-0.2, 0) is 18.4 Å². The monoisotopic (exact) mass is 717 g/mol. The van der Waals surface area contributed by atoms with E-state index in [1.54, 1.807) is 0 Å². The van der Waals surface area contributed by atoms with Gasteiger partial charge in [-0.15, -0.1) is 0 Å². The number of phosphoric acid groups is 1. The number of aliphatic hydroxyl groups is 1. The summed E-state index contributed by atoms with van der Waals surface area (Å²) in [5.74, 6) is -0.171. The Morgan fingerprint density at radius 2 is 1.08 bits per heavy atom. The van der Waals surface area contributed by atoms with Gasteiger partial charge in [0.05, 0.1) is 25.4 Å². The molecular formula is C40H81N2O6P. The summed E-state index contributed by atoms with van der Waals surface area (Å²) in [5.41, 5.74) is 5.37. The van der Waals surface area contributed by atoms with Crippen LogP contribution in [0.4, 0.5) is 0 Å². The van der Waals surface area contributed by atoms with Crippen LogP contribution in [0.15, 0.2) is 12.2 Å². The summed E-state index contributed by atoms with van der Waals surface area (Å²) in [6, 6.07) is -0.774. The van der Waals surface area contributed by atoms with E-state index in [4.69, 9.17) is 14.8 Å². The number of hydrogen-bond acceptors (Lipinski definition) is 6. The van der Waals surface area contributed by atoms with Gasteiger partial charge < -0.3 is 21.1 Å². The molecule has 9 heteroatoms. The van der Waals surface area contributed by atoms with Crippen molar-refractivity contribution in [2.45, 2.75) is 219 Å². The molecule has 8 nitrogen and oxygen atoms in total. The zero-order valence-corrected chi connectivity index (χ0v) is 33.1. The molecule has 49 heavy (non-hydrogen) atoms. The molecule has 0 fully saturated rings. The van der Waals surface area contributed by atoms with Crippen molar-refractivity contribution in [3.8, 4) is 0 Å². The Labute approximate surface area is 303 Å². The molecule has 0 aromatic rings. The highest BCUT2D eigenvalue weighted by Crippen LogP contribution is 2.43. The lowest BCUT2D eigenvalue weighted by molar-refractivity contribution is -0.123. The van der Waals surface area contributed by atoms with Crippen molar-refractivity contribution in [3.63, 3.8) is 0 Å². The van der Waals surface area contributed by atoms with Crippen molar-refractivity contribution in [1.29, 1.82) is 0 Å². The maximum absolute atomic E-state index is 12.7. The topological polar surface area (TPSA) is 131 Å². The van der Waals surface area contributed by atoms with Crippen molar-refractivity contribution in [2.24, 2.45) is 5.73 Å². The van der Waals surface area contributed by atoms with Crippen LogP contribution in [-0.4, -0.2) is 47.8 Å². The molecule has 0 aliphatic rings. The summed E-state index contributed by atoms with van der Waals surface area (Å²) in [4.78, 5) is 22.6. The van der Waals surface area contributed by atoms with Crippen LogP contribution in [0.25, 0.3) is 0 Å². The molecule has 3 unspecified atom stereocenters. The SMILES string of the molecule is CCCC/C=C\CCCCCCCC(=O)NC(COP(=O)(O)OCCN)C(O)CCCCCCCCCCCCCCCCCCCCC. The molecule has 5 N–H and O–H groups in total. The Morgan fingerprint density at radius 1 is 0.653 bits per heavy atom. The average molecular weight is 717 g/mol. The molecule has 0 aromatic carbocycles. The Morgan fingerprint density at radius 3 is 1.57 bits per heavy atom. The van der Waals surface area contributed by atoms with E-state index in [0.29, 0.717) is 12.8 Å². The molecule has 0 bridgehead atoms. The summed E-state index contributed by atoms with van der Waals surface area (Å²) in [7, 11) is -4.31. The maximum atomic E-state index is 12.7. The predicted octanol–water partition coefficient (Wildman–Crippen LogP) is 11.2. The first-order chi connectivity index (χ1) is 23.9. The molecule has 1 amide bonds. The fourth-order valence-electron chi connectivity index (χ4n) is 6.18. The zero-order valence-electron chi connectivity index (χ0n) is 32.2. The number of phosphoric ester groups is 1. The largest absolute Gasteiger partial charge is 0.472 e. The maximum Gasteiger partial charge on any atom is 0.472 e. The fraction of sp³-hybridized carbons (Fsp3) is 0.925. The molecule has 0 aliphatic heterocycles. The van der Waals surface area contributed by atoms with Crippen molar-refractivity contribution < 1.29 is 28.4 Å². The van der Waals surface area contributed by atoms with Crippen molar-refractivity contribution in [3.05, 3.63) is 12.2 Å². The second kappa shape index (κ2) is 37.0. The van der Waals surface area contributed by atoms with Crippen LogP contribution in [0, 0.1) is 0 Å². The fourth-order valence-corrected chi connectivity index (χ4v) is 6.94. The van der Waals surface area contributed by atoms with E-state index in [0.717, 1.165) is 51.4 Å². The first-order valence-corrected chi connectivity index (χ1v) is 22.3. The summed E-state index contributed by atoms with van der Waals surface area (Å²) in [5, 5.41) is 13.8. The van der Waals surface area contributed by atoms with E-state index in [-0.39, 0.29) is 25.7 Å². The summed E-state index contributed by atoms with van der Waals surface area (Å²) >= 11 is 0. The van der Waals surface area contributed by atoms with Gasteiger partial charge in [0.25, 0.3) is 0 Å². The molecule has 0 aromatic heterocycles. The van der Waals surface area contributed by atoms with Crippen LogP contribution in [0.1, 0.15) is 206 Å². The number of carbonyl (C=O) groups is 1. The standard InChI is InChI=1S/C40H81N2O6P/c1-3-5-7-9-11-13-15-16-17-18-19-20-21-22-24-25-27-29-31-33-39(43)38(37-48-49(45,46)47-36-35-41)42-40(44)34-32-30-28-26-23-14-12-10-8-6-4-2/h10,12,38-39,43H,3-9,11,13-37,41H2,1-2H3,(H,42,44)(H,45,46)/b12-10-. The first kappa shape index (κ1) is 48.2. The molecule has 0 radical (unpaired) electrons. The smallest absolute Gasteiger partial charge is 0.391 e. The second-order valence-electron chi connectivity index (χ2n) is 14.2. The summed E-state index contributed by atoms with van der Waals surface area (Å²) in [6.45, 7) is 4.17. The third kappa shape index (κ3) is 35.4. The Kier molecular flexibility index (Phi) is 36.4. The van der Waals surface area contributed by atoms with Gasteiger partial charge in [-0.2, -0.15) is 0 Å². The lowest BCUT2D eigenvalue weighted by Gasteiger charge is -2.25. The van der Waals surface area contributed by atoms with Gasteiger partial charge in [0.1, 0.15) is 0 Å². The van der Waals surface area contributed by atoms with Crippen molar-refractivity contribution in [1.82, 2.24) is 5.32 Å².